The van der Waals surface area contributed by atoms with Gasteiger partial charge < -0.3 is 19.7 Å². The topological polar surface area (TPSA) is 46.1 Å². The molecular formula is C21H19ClF3N3O2. The van der Waals surface area contributed by atoms with E-state index in [0.717, 1.165) is 16.8 Å². The number of rotatable bonds is 5. The van der Waals surface area contributed by atoms with Crippen LogP contribution in [0.25, 0.3) is 0 Å². The Balaban J connectivity index is 1.84. The number of aliphatic imine (C=N–C) groups is 1. The van der Waals surface area contributed by atoms with E-state index in [1.54, 1.807) is 29.3 Å². The predicted octanol–water partition coefficient (Wildman–Crippen LogP) is 5.83. The minimum Gasteiger partial charge on any atom is -0.493 e. The number of guanidine groups is 1. The number of halogens is 4. The van der Waals surface area contributed by atoms with Gasteiger partial charge in [-0.1, -0.05) is 36.4 Å². The highest BCUT2D eigenvalue weighted by Gasteiger charge is 2.31. The monoisotopic (exact) mass is 437 g/mol. The SMILES string of the molecule is C=C1C(OC)=CN=C(Nc2cccc(Cl)c2C)N1Cc1ccc(OC(F)(F)F)cc1. The van der Waals surface area contributed by atoms with Crippen molar-refractivity contribution in [2.45, 2.75) is 19.8 Å². The maximum Gasteiger partial charge on any atom is 0.573 e. The summed E-state index contributed by atoms with van der Waals surface area (Å²) < 4.78 is 46.3. The van der Waals surface area contributed by atoms with Crippen molar-refractivity contribution in [3.8, 4) is 5.75 Å². The van der Waals surface area contributed by atoms with Gasteiger partial charge in [0, 0.05) is 10.7 Å². The Morgan fingerprint density at radius 1 is 1.17 bits per heavy atom. The molecule has 0 saturated carbocycles. The van der Waals surface area contributed by atoms with E-state index in [2.05, 4.69) is 21.6 Å². The molecule has 1 aliphatic rings. The summed E-state index contributed by atoms with van der Waals surface area (Å²) in [6, 6.07) is 11.1. The van der Waals surface area contributed by atoms with Gasteiger partial charge in [-0.2, -0.15) is 0 Å². The molecule has 1 heterocycles. The second kappa shape index (κ2) is 8.71. The number of ether oxygens (including phenoxy) is 2. The second-order valence-electron chi connectivity index (χ2n) is 6.41. The molecule has 0 atom stereocenters. The van der Waals surface area contributed by atoms with Crippen LogP contribution in [-0.4, -0.2) is 24.3 Å². The van der Waals surface area contributed by atoms with Gasteiger partial charge in [0.25, 0.3) is 0 Å². The number of hydrogen-bond donors (Lipinski definition) is 1. The number of alkyl halides is 3. The summed E-state index contributed by atoms with van der Waals surface area (Å²) in [6.07, 6.45) is -3.19. The van der Waals surface area contributed by atoms with Crippen LogP contribution in [0.1, 0.15) is 11.1 Å². The van der Waals surface area contributed by atoms with Crippen molar-refractivity contribution >= 4 is 23.2 Å². The average Bonchev–Trinajstić information content (AvgIpc) is 2.68. The van der Waals surface area contributed by atoms with Crippen LogP contribution in [0.3, 0.4) is 0 Å². The lowest BCUT2D eigenvalue weighted by molar-refractivity contribution is -0.274. The second-order valence-corrected chi connectivity index (χ2v) is 6.82. The van der Waals surface area contributed by atoms with Crippen molar-refractivity contribution < 1.29 is 22.6 Å². The third-order valence-corrected chi connectivity index (χ3v) is 4.81. The van der Waals surface area contributed by atoms with Gasteiger partial charge in [-0.05, 0) is 42.3 Å². The van der Waals surface area contributed by atoms with Crippen LogP contribution in [-0.2, 0) is 11.3 Å². The highest BCUT2D eigenvalue weighted by molar-refractivity contribution is 6.31. The van der Waals surface area contributed by atoms with Gasteiger partial charge in [-0.3, -0.25) is 0 Å². The van der Waals surface area contributed by atoms with E-state index < -0.39 is 6.36 Å². The fraction of sp³-hybridized carbons (Fsp3) is 0.190. The fourth-order valence-corrected chi connectivity index (χ4v) is 2.98. The average molecular weight is 438 g/mol. The van der Waals surface area contributed by atoms with Gasteiger partial charge >= 0.3 is 6.36 Å². The van der Waals surface area contributed by atoms with Gasteiger partial charge in [0.2, 0.25) is 5.96 Å². The van der Waals surface area contributed by atoms with Gasteiger partial charge in [-0.15, -0.1) is 13.2 Å². The van der Waals surface area contributed by atoms with E-state index in [0.29, 0.717) is 22.4 Å². The van der Waals surface area contributed by atoms with E-state index in [1.807, 2.05) is 19.1 Å². The molecule has 0 bridgehead atoms. The highest BCUT2D eigenvalue weighted by atomic mass is 35.5. The van der Waals surface area contributed by atoms with Crippen LogP contribution in [0, 0.1) is 6.92 Å². The molecule has 2 aromatic carbocycles. The summed E-state index contributed by atoms with van der Waals surface area (Å²) in [7, 11) is 1.51. The molecule has 0 saturated heterocycles. The summed E-state index contributed by atoms with van der Waals surface area (Å²) in [5.41, 5.74) is 2.88. The number of benzene rings is 2. The molecule has 30 heavy (non-hydrogen) atoms. The maximum atomic E-state index is 12.4. The van der Waals surface area contributed by atoms with E-state index in [9.17, 15) is 13.2 Å². The van der Waals surface area contributed by atoms with Gasteiger partial charge in [-0.25, -0.2) is 4.99 Å². The molecule has 2 aromatic rings. The molecular weight excluding hydrogens is 419 g/mol. The van der Waals surface area contributed by atoms with E-state index >= 15 is 0 Å². The Kier molecular flexibility index (Phi) is 6.26. The summed E-state index contributed by atoms with van der Waals surface area (Å²) in [6.45, 7) is 6.22. The predicted molar refractivity (Wildman–Crippen MR) is 110 cm³/mol. The Bertz CT molecular complexity index is 1000. The fourth-order valence-electron chi connectivity index (χ4n) is 2.81. The van der Waals surface area contributed by atoms with Crippen LogP contribution in [0.2, 0.25) is 5.02 Å². The quantitative estimate of drug-likeness (QED) is 0.639. The summed E-state index contributed by atoms with van der Waals surface area (Å²) in [4.78, 5) is 6.17. The number of hydrogen-bond acceptors (Lipinski definition) is 5. The van der Waals surface area contributed by atoms with Crippen LogP contribution < -0.4 is 10.1 Å². The van der Waals surface area contributed by atoms with Crippen molar-refractivity contribution in [2.75, 3.05) is 12.4 Å². The molecule has 0 aromatic heterocycles. The van der Waals surface area contributed by atoms with Gasteiger partial charge in [0.05, 0.1) is 25.6 Å². The van der Waals surface area contributed by atoms with E-state index in [4.69, 9.17) is 16.3 Å². The normalized spacial score (nSPS) is 14.2. The first-order valence-electron chi connectivity index (χ1n) is 8.83. The lowest BCUT2D eigenvalue weighted by atomic mass is 10.1. The van der Waals surface area contributed by atoms with Crippen molar-refractivity contribution in [1.82, 2.24) is 4.90 Å². The van der Waals surface area contributed by atoms with Crippen LogP contribution in [0.5, 0.6) is 5.75 Å². The molecule has 0 unspecified atom stereocenters. The molecule has 9 heteroatoms. The van der Waals surface area contributed by atoms with Crippen LogP contribution in [0.15, 0.2) is 71.7 Å². The van der Waals surface area contributed by atoms with Crippen molar-refractivity contribution in [3.63, 3.8) is 0 Å². The third kappa shape index (κ3) is 5.07. The Morgan fingerprint density at radius 2 is 1.87 bits per heavy atom. The highest BCUT2D eigenvalue weighted by Crippen LogP contribution is 2.28. The number of anilines is 1. The first-order valence-corrected chi connectivity index (χ1v) is 9.21. The molecule has 0 spiro atoms. The van der Waals surface area contributed by atoms with E-state index in [-0.39, 0.29) is 12.3 Å². The molecule has 5 nitrogen and oxygen atoms in total. The van der Waals surface area contributed by atoms with Crippen molar-refractivity contribution in [3.05, 3.63) is 82.8 Å². The Hall–Kier alpha value is -3.13. The third-order valence-electron chi connectivity index (χ3n) is 4.40. The van der Waals surface area contributed by atoms with Gasteiger partial charge in [0.15, 0.2) is 5.76 Å². The summed E-state index contributed by atoms with van der Waals surface area (Å²) in [5.74, 6) is 0.657. The largest absolute Gasteiger partial charge is 0.573 e. The minimum atomic E-state index is -4.74. The number of methoxy groups -OCH3 is 1. The zero-order valence-corrected chi connectivity index (χ0v) is 17.0. The minimum absolute atomic E-state index is 0.289. The van der Waals surface area contributed by atoms with Crippen LogP contribution in [0.4, 0.5) is 18.9 Å². The maximum absolute atomic E-state index is 12.4. The standard InChI is InChI=1S/C21H19ClF3N3O2/c1-13-17(22)5-4-6-18(13)27-20-26-11-19(29-3)14(2)28(20)12-15-7-9-16(10-8-15)30-21(23,24)25/h4-11H,2,12H2,1,3H3,(H,26,27). The molecule has 3 rings (SSSR count). The van der Waals surface area contributed by atoms with Crippen LogP contribution >= 0.6 is 11.6 Å². The molecule has 0 fully saturated rings. The molecule has 0 aliphatic carbocycles. The Morgan fingerprint density at radius 3 is 2.50 bits per heavy atom. The number of nitrogens with zero attached hydrogens (tertiary/aromatic N) is 2. The molecule has 1 N–H and O–H groups in total. The first kappa shape index (κ1) is 21.6. The smallest absolute Gasteiger partial charge is 0.493 e. The zero-order valence-electron chi connectivity index (χ0n) is 16.3. The lowest BCUT2D eigenvalue weighted by Crippen LogP contribution is -2.37. The first-order chi connectivity index (χ1) is 14.2. The lowest BCUT2D eigenvalue weighted by Gasteiger charge is -2.31. The molecule has 158 valence electrons. The summed E-state index contributed by atoms with van der Waals surface area (Å²) in [5, 5.41) is 3.84. The van der Waals surface area contributed by atoms with Gasteiger partial charge in [0.1, 0.15) is 5.75 Å². The van der Waals surface area contributed by atoms with Crippen molar-refractivity contribution in [2.24, 2.45) is 4.99 Å². The molecule has 0 radical (unpaired) electrons. The molecule has 0 amide bonds. The van der Waals surface area contributed by atoms with Crippen molar-refractivity contribution in [1.29, 1.82) is 0 Å². The number of nitrogens with one attached hydrogen (secondary N) is 1. The van der Waals surface area contributed by atoms with E-state index in [1.165, 1.54) is 19.2 Å². The zero-order chi connectivity index (χ0) is 21.9. The molecule has 1 aliphatic heterocycles. The summed E-state index contributed by atoms with van der Waals surface area (Å²) >= 11 is 6.20. The Labute approximate surface area is 177 Å².